The van der Waals surface area contributed by atoms with Gasteiger partial charge in [-0.2, -0.15) is 0 Å². The monoisotopic (exact) mass is 301 g/mol. The highest BCUT2D eigenvalue weighted by Crippen LogP contribution is 2.45. The van der Waals surface area contributed by atoms with Crippen LogP contribution in [0.2, 0.25) is 0 Å². The van der Waals surface area contributed by atoms with Crippen LogP contribution in [0.25, 0.3) is 0 Å². The molecule has 2 bridgehead atoms. The smallest absolute Gasteiger partial charge is 0.335 e. The molecule has 3 unspecified atom stereocenters. The van der Waals surface area contributed by atoms with Gasteiger partial charge in [0.1, 0.15) is 5.78 Å². The second-order valence-corrected chi connectivity index (χ2v) is 6.97. The van der Waals surface area contributed by atoms with Crippen molar-refractivity contribution in [1.29, 1.82) is 0 Å². The van der Waals surface area contributed by atoms with Crippen molar-refractivity contribution in [2.24, 2.45) is 11.8 Å². The fourth-order valence-electron chi connectivity index (χ4n) is 4.02. The topological polar surface area (TPSA) is 57.6 Å². The lowest BCUT2D eigenvalue weighted by atomic mass is 9.71. The van der Waals surface area contributed by atoms with Crippen molar-refractivity contribution in [2.75, 3.05) is 6.54 Å². The summed E-state index contributed by atoms with van der Waals surface area (Å²) >= 11 is 0. The minimum absolute atomic E-state index is 0.0689. The molecule has 2 heterocycles. The minimum Gasteiger partial charge on any atom is -0.478 e. The predicted octanol–water partition coefficient (Wildman–Crippen LogP) is 3.14. The Morgan fingerprint density at radius 1 is 1.27 bits per heavy atom. The van der Waals surface area contributed by atoms with Gasteiger partial charge in [0.05, 0.1) is 5.56 Å². The molecule has 4 heteroatoms. The average Bonchev–Trinajstić information content (AvgIpc) is 2.48. The molecule has 1 saturated carbocycles. The molecule has 1 N–H and O–H groups in total. The van der Waals surface area contributed by atoms with E-state index in [9.17, 15) is 9.59 Å². The van der Waals surface area contributed by atoms with Crippen LogP contribution in [0.1, 0.15) is 55.1 Å². The van der Waals surface area contributed by atoms with E-state index in [-0.39, 0.29) is 12.0 Å². The third-order valence-electron chi connectivity index (χ3n) is 4.94. The van der Waals surface area contributed by atoms with E-state index in [2.05, 4.69) is 18.7 Å². The largest absolute Gasteiger partial charge is 0.478 e. The first-order valence-corrected chi connectivity index (χ1v) is 8.09. The predicted molar refractivity (Wildman–Crippen MR) is 83.8 cm³/mol. The Hall–Kier alpha value is -1.68. The molecule has 1 aromatic rings. The van der Waals surface area contributed by atoms with Crippen molar-refractivity contribution in [1.82, 2.24) is 4.90 Å². The van der Waals surface area contributed by atoms with Gasteiger partial charge in [-0.05, 0) is 36.5 Å². The van der Waals surface area contributed by atoms with Gasteiger partial charge < -0.3 is 5.11 Å². The van der Waals surface area contributed by atoms with Crippen molar-refractivity contribution in [2.45, 2.75) is 45.2 Å². The van der Waals surface area contributed by atoms with Gasteiger partial charge in [0.15, 0.2) is 0 Å². The maximum atomic E-state index is 12.3. The number of carboxylic acids is 1. The number of hydrogen-bond acceptors (Lipinski definition) is 3. The van der Waals surface area contributed by atoms with Crippen molar-refractivity contribution < 1.29 is 14.7 Å². The molecule has 1 aromatic carbocycles. The van der Waals surface area contributed by atoms with E-state index in [1.54, 1.807) is 12.1 Å². The Labute approximate surface area is 131 Å². The molecule has 22 heavy (non-hydrogen) atoms. The standard InChI is InChI=1S/C18H23NO3/c1-11(2)10-19-14-7-8-15(16(20)9-14)17(19)12-3-5-13(6-4-12)18(21)22/h3-6,11,14-15,17H,7-10H2,1-2H3,(H,21,22). The molecule has 3 fully saturated rings. The molecular formula is C18H23NO3. The molecule has 0 spiro atoms. The van der Waals surface area contributed by atoms with Gasteiger partial charge in [0, 0.05) is 31.0 Å². The van der Waals surface area contributed by atoms with Gasteiger partial charge in [0.25, 0.3) is 0 Å². The number of carbonyl (C=O) groups excluding carboxylic acids is 1. The van der Waals surface area contributed by atoms with Crippen LogP contribution < -0.4 is 0 Å². The highest BCUT2D eigenvalue weighted by Gasteiger charge is 2.46. The van der Waals surface area contributed by atoms with E-state index < -0.39 is 5.97 Å². The lowest BCUT2D eigenvalue weighted by molar-refractivity contribution is -0.138. The molecule has 2 saturated heterocycles. The molecular weight excluding hydrogens is 278 g/mol. The third-order valence-corrected chi connectivity index (χ3v) is 4.94. The van der Waals surface area contributed by atoms with Crippen LogP contribution in [0.5, 0.6) is 0 Å². The first kappa shape index (κ1) is 15.2. The minimum atomic E-state index is -0.910. The number of fused-ring (bicyclic) bond motifs is 3. The average molecular weight is 301 g/mol. The molecule has 4 nitrogen and oxygen atoms in total. The first-order chi connectivity index (χ1) is 10.5. The molecule has 3 aliphatic rings. The number of ketones is 1. The van der Waals surface area contributed by atoms with Gasteiger partial charge >= 0.3 is 5.97 Å². The quantitative estimate of drug-likeness (QED) is 0.928. The fraction of sp³-hybridized carbons (Fsp3) is 0.556. The third kappa shape index (κ3) is 2.68. The van der Waals surface area contributed by atoms with Crippen molar-refractivity contribution in [3.05, 3.63) is 35.4 Å². The van der Waals surface area contributed by atoms with Crippen LogP contribution in [0.4, 0.5) is 0 Å². The number of carbonyl (C=O) groups is 2. The Kier molecular flexibility index (Phi) is 4.04. The van der Waals surface area contributed by atoms with Crippen LogP contribution in [-0.2, 0) is 4.79 Å². The lowest BCUT2D eigenvalue weighted by Crippen LogP contribution is -2.55. The Balaban J connectivity index is 1.93. The molecule has 0 radical (unpaired) electrons. The summed E-state index contributed by atoms with van der Waals surface area (Å²) in [6.07, 6.45) is 2.75. The van der Waals surface area contributed by atoms with Crippen LogP contribution in [-0.4, -0.2) is 34.3 Å². The van der Waals surface area contributed by atoms with Gasteiger partial charge in [-0.3, -0.25) is 9.69 Å². The summed E-state index contributed by atoms with van der Waals surface area (Å²) in [5, 5.41) is 9.04. The highest BCUT2D eigenvalue weighted by atomic mass is 16.4. The van der Waals surface area contributed by atoms with Gasteiger partial charge in [-0.1, -0.05) is 26.0 Å². The number of hydrogen-bond donors (Lipinski definition) is 1. The first-order valence-electron chi connectivity index (χ1n) is 8.09. The summed E-state index contributed by atoms with van der Waals surface area (Å²) < 4.78 is 0. The van der Waals surface area contributed by atoms with E-state index in [1.165, 1.54) is 0 Å². The van der Waals surface area contributed by atoms with E-state index in [0.29, 0.717) is 29.7 Å². The number of rotatable bonds is 4. The van der Waals surface area contributed by atoms with Crippen LogP contribution >= 0.6 is 0 Å². The fourth-order valence-corrected chi connectivity index (χ4v) is 4.02. The maximum Gasteiger partial charge on any atom is 0.335 e. The lowest BCUT2D eigenvalue weighted by Gasteiger charge is -2.51. The summed E-state index contributed by atoms with van der Waals surface area (Å²) in [6.45, 7) is 5.39. The molecule has 4 rings (SSSR count). The summed E-state index contributed by atoms with van der Waals surface area (Å²) in [5.74, 6) is 0.0880. The second-order valence-electron chi connectivity index (χ2n) is 6.97. The van der Waals surface area contributed by atoms with Crippen molar-refractivity contribution >= 4 is 11.8 Å². The number of aromatic carboxylic acids is 1. The normalized spacial score (nSPS) is 28.3. The van der Waals surface area contributed by atoms with Crippen molar-refractivity contribution in [3.63, 3.8) is 0 Å². The molecule has 0 aromatic heterocycles. The number of carboxylic acid groups (broad SMARTS) is 1. The number of benzene rings is 1. The van der Waals surface area contributed by atoms with E-state index in [4.69, 9.17) is 5.11 Å². The highest BCUT2D eigenvalue weighted by molar-refractivity contribution is 5.87. The number of Topliss-reactive ketones (excluding diaryl/α,β-unsaturated/α-hetero) is 1. The summed E-state index contributed by atoms with van der Waals surface area (Å²) in [7, 11) is 0. The van der Waals surface area contributed by atoms with Crippen LogP contribution in [0.3, 0.4) is 0 Å². The Bertz CT molecular complexity index is 578. The SMILES string of the molecule is CC(C)CN1C2CCC(C(=O)C2)C1c1ccc(C(=O)O)cc1. The van der Waals surface area contributed by atoms with Gasteiger partial charge in [0.2, 0.25) is 0 Å². The maximum absolute atomic E-state index is 12.3. The van der Waals surface area contributed by atoms with E-state index in [0.717, 1.165) is 24.9 Å². The zero-order valence-corrected chi connectivity index (χ0v) is 13.2. The number of piperidine rings is 2. The van der Waals surface area contributed by atoms with Gasteiger partial charge in [-0.25, -0.2) is 4.79 Å². The molecule has 3 atom stereocenters. The number of nitrogens with zero attached hydrogens (tertiary/aromatic N) is 1. The summed E-state index contributed by atoms with van der Waals surface area (Å²) in [4.78, 5) is 25.8. The van der Waals surface area contributed by atoms with E-state index >= 15 is 0 Å². The molecule has 118 valence electrons. The molecule has 1 aliphatic carbocycles. The van der Waals surface area contributed by atoms with Gasteiger partial charge in [-0.15, -0.1) is 0 Å². The molecule has 2 aliphatic heterocycles. The molecule has 0 amide bonds. The Morgan fingerprint density at radius 3 is 2.50 bits per heavy atom. The van der Waals surface area contributed by atoms with E-state index in [1.807, 2.05) is 12.1 Å². The van der Waals surface area contributed by atoms with Crippen LogP contribution in [0, 0.1) is 11.8 Å². The van der Waals surface area contributed by atoms with Crippen LogP contribution in [0.15, 0.2) is 24.3 Å². The zero-order valence-electron chi connectivity index (χ0n) is 13.2. The van der Waals surface area contributed by atoms with Crippen molar-refractivity contribution in [3.8, 4) is 0 Å². The summed E-state index contributed by atoms with van der Waals surface area (Å²) in [5.41, 5.74) is 1.37. The second kappa shape index (κ2) is 5.84. The Morgan fingerprint density at radius 2 is 1.95 bits per heavy atom. The zero-order chi connectivity index (χ0) is 15.9. The summed E-state index contributed by atoms with van der Waals surface area (Å²) in [6, 6.07) is 7.54.